The van der Waals surface area contributed by atoms with E-state index in [0.717, 1.165) is 0 Å². The third-order valence-corrected chi connectivity index (χ3v) is 14.4. The summed E-state index contributed by atoms with van der Waals surface area (Å²) < 4.78 is 0. The van der Waals surface area contributed by atoms with Crippen LogP contribution in [0.25, 0.3) is 0 Å². The Morgan fingerprint density at radius 3 is 1.20 bits per heavy atom. The van der Waals surface area contributed by atoms with Gasteiger partial charge in [0.05, 0.1) is 12.3 Å². The van der Waals surface area contributed by atoms with E-state index in [4.69, 9.17) is 11.5 Å². The Bertz CT molecular complexity index is 2510. The second-order valence-electron chi connectivity index (χ2n) is 17.3. The number of likely N-dealkylation sites (tertiary alicyclic amines) is 2. The number of nitrogens with zero attached hydrogens (tertiary/aromatic N) is 3. The predicted octanol–water partition coefficient (Wildman–Crippen LogP) is 4.68. The average molecular weight is 876 g/mol. The van der Waals surface area contributed by atoms with Gasteiger partial charge in [-0.25, -0.2) is 9.59 Å². The molecule has 11 rings (SSSR count). The van der Waals surface area contributed by atoms with Crippen molar-refractivity contribution in [3.63, 3.8) is 0 Å². The zero-order chi connectivity index (χ0) is 45.7. The number of fused-ring (bicyclic) bond motifs is 8. The number of imide groups is 2. The van der Waals surface area contributed by atoms with Crippen molar-refractivity contribution >= 4 is 41.5 Å². The van der Waals surface area contributed by atoms with Gasteiger partial charge in [-0.05, 0) is 84.0 Å². The van der Waals surface area contributed by atoms with E-state index in [1.165, 1.54) is 0 Å². The summed E-state index contributed by atoms with van der Waals surface area (Å²) in [5.74, 6) is -3.63. The van der Waals surface area contributed by atoms with Crippen molar-refractivity contribution in [3.05, 3.63) is 173 Å². The quantitative estimate of drug-likeness (QED) is 0.107. The molecule has 5 aromatic carbocycles. The minimum Gasteiger partial charge on any atom is -0.465 e. The number of amides is 6. The molecule has 0 radical (unpaired) electrons. The van der Waals surface area contributed by atoms with Gasteiger partial charge in [-0.15, -0.1) is 0 Å². The van der Waals surface area contributed by atoms with Crippen molar-refractivity contribution in [3.8, 4) is 0 Å². The van der Waals surface area contributed by atoms with Gasteiger partial charge < -0.3 is 26.6 Å². The third kappa shape index (κ3) is 6.24. The summed E-state index contributed by atoms with van der Waals surface area (Å²) in [6.45, 7) is 0.383. The smallest absolute Gasteiger partial charge is 0.411 e. The van der Waals surface area contributed by atoms with E-state index >= 15 is 9.59 Å². The highest BCUT2D eigenvalue weighted by molar-refractivity contribution is 6.07. The van der Waals surface area contributed by atoms with E-state index in [1.54, 1.807) is 84.9 Å². The number of para-hydroxylation sites is 1. The summed E-state index contributed by atoms with van der Waals surface area (Å²) in [5, 5.41) is 25.0. The van der Waals surface area contributed by atoms with Crippen molar-refractivity contribution in [1.29, 1.82) is 0 Å². The lowest BCUT2D eigenvalue weighted by atomic mass is 9.59. The van der Waals surface area contributed by atoms with Gasteiger partial charge in [-0.2, -0.15) is 0 Å². The molecule has 332 valence electrons. The van der Waals surface area contributed by atoms with Crippen LogP contribution in [0.1, 0.15) is 59.1 Å². The molecular formula is C50H49N7O8. The highest BCUT2D eigenvalue weighted by Gasteiger charge is 2.71. The lowest BCUT2D eigenvalue weighted by Crippen LogP contribution is -2.76. The molecule has 2 fully saturated rings. The van der Waals surface area contributed by atoms with Gasteiger partial charge >= 0.3 is 12.2 Å². The van der Waals surface area contributed by atoms with Crippen molar-refractivity contribution in [2.45, 2.75) is 72.8 Å². The molecule has 2 aliphatic heterocycles. The number of carboxylic acid groups (broad SMARTS) is 2. The molecule has 0 saturated carbocycles. The van der Waals surface area contributed by atoms with Crippen LogP contribution in [0.5, 0.6) is 0 Å². The van der Waals surface area contributed by atoms with Gasteiger partial charge in [0.15, 0.2) is 0 Å². The molecule has 2 heterocycles. The van der Waals surface area contributed by atoms with E-state index in [9.17, 15) is 29.4 Å². The maximum absolute atomic E-state index is 15.5. The number of carbonyl (C=O) groups excluding carboxylic acids is 4. The summed E-state index contributed by atoms with van der Waals surface area (Å²) in [7, 11) is 0. The van der Waals surface area contributed by atoms with Crippen LogP contribution in [-0.4, -0.2) is 81.2 Å². The normalized spacial score (nSPS) is 27.0. The summed E-state index contributed by atoms with van der Waals surface area (Å²) >= 11 is 0. The largest absolute Gasteiger partial charge is 0.465 e. The van der Waals surface area contributed by atoms with E-state index in [1.807, 2.05) is 64.4 Å². The number of nitrogens with two attached hydrogens (primary N) is 2. The minimum atomic E-state index is -2.10. The maximum atomic E-state index is 15.5. The molecule has 6 atom stereocenters. The highest BCUT2D eigenvalue weighted by Crippen LogP contribution is 2.57. The second-order valence-corrected chi connectivity index (χ2v) is 17.3. The molecule has 6 amide bonds. The summed E-state index contributed by atoms with van der Waals surface area (Å²) in [6.07, 6.45) is -3.27. The van der Waals surface area contributed by atoms with Gasteiger partial charge in [0.25, 0.3) is 11.8 Å². The fraction of sp³-hybridized carbons (Fsp3) is 0.280. The number of carbonyl (C=O) groups is 6. The SMILES string of the molecule is NC(=O)C1(c2ccccc2)Cc2ccc(cc2)[C@]1(C(=O)NC(=O)O)N1CCCC1N(c1ccccc1)C1CCCN1[C@@]1(C(=O)NC(=O)O)c2ccc(cc2)CC1(C(N)=O)c1ccccc1. The minimum absolute atomic E-state index is 0.0491. The number of hydrogen-bond acceptors (Lipinski definition) is 9. The molecule has 4 bridgehead atoms. The molecule has 0 aromatic heterocycles. The molecule has 15 nitrogen and oxygen atoms in total. The first kappa shape index (κ1) is 42.9. The summed E-state index contributed by atoms with van der Waals surface area (Å²) in [6, 6.07) is 41.1. The van der Waals surface area contributed by atoms with Crippen molar-refractivity contribution < 1.29 is 39.0 Å². The standard InChI is InChI=1S/C50H49N7O8/c51-41(58)47(34-12-4-1-5-13-34)30-32-20-24-36(25-21-32)49(47,43(60)53-45(62)63)55-28-10-18-39(55)57(38-16-8-3-9-17-38)40-19-11-29-56(40)50(44(61)54-46(64)65)37-26-22-33(23-27-37)31-48(50,42(52)59)35-14-6-2-7-15-35/h1-9,12-17,20-27,39-40H,10-11,18-19,28-31H2,(H2,51,58)(H2,52,59)(H,53,60)(H,54,61)(H,62,63)(H,64,65)/t39?,40?,47?,48?,49-,50-/m1/s1. The zero-order valence-corrected chi connectivity index (χ0v) is 35.4. The van der Waals surface area contributed by atoms with Crippen molar-refractivity contribution in [2.75, 3.05) is 18.0 Å². The number of anilines is 1. The van der Waals surface area contributed by atoms with Crippen LogP contribution >= 0.6 is 0 Å². The fourth-order valence-corrected chi connectivity index (χ4v) is 12.1. The van der Waals surface area contributed by atoms with Crippen LogP contribution in [0, 0.1) is 0 Å². The lowest BCUT2D eigenvalue weighted by molar-refractivity contribution is -0.152. The van der Waals surface area contributed by atoms with Crippen LogP contribution in [-0.2, 0) is 53.9 Å². The number of hydrogen-bond donors (Lipinski definition) is 6. The third-order valence-electron chi connectivity index (χ3n) is 14.4. The molecule has 4 aliphatic carbocycles. The van der Waals surface area contributed by atoms with E-state index in [-0.39, 0.29) is 25.9 Å². The molecule has 4 unspecified atom stereocenters. The maximum Gasteiger partial charge on any atom is 0.411 e. The summed E-state index contributed by atoms with van der Waals surface area (Å²) in [4.78, 5) is 91.9. The number of benzene rings is 5. The number of rotatable bonds is 11. The first-order valence-corrected chi connectivity index (χ1v) is 21.7. The van der Waals surface area contributed by atoms with Crippen molar-refractivity contribution in [1.82, 2.24) is 20.4 Å². The van der Waals surface area contributed by atoms with E-state index in [0.29, 0.717) is 64.8 Å². The van der Waals surface area contributed by atoms with Gasteiger partial charge in [-0.1, -0.05) is 127 Å². The Kier molecular flexibility index (Phi) is 10.8. The monoisotopic (exact) mass is 875 g/mol. The fourth-order valence-electron chi connectivity index (χ4n) is 12.1. The Hall–Kier alpha value is -7.36. The van der Waals surface area contributed by atoms with E-state index < -0.39 is 70.1 Å². The Morgan fingerprint density at radius 2 is 0.862 bits per heavy atom. The van der Waals surface area contributed by atoms with Crippen LogP contribution in [0.15, 0.2) is 140 Å². The molecule has 0 spiro atoms. The highest BCUT2D eigenvalue weighted by atomic mass is 16.4. The van der Waals surface area contributed by atoms with Gasteiger partial charge in [0.1, 0.15) is 21.9 Å². The number of nitrogens with one attached hydrogen (secondary N) is 2. The Balaban J connectivity index is 1.33. The van der Waals surface area contributed by atoms with Crippen LogP contribution in [0.4, 0.5) is 15.3 Å². The Morgan fingerprint density at radius 1 is 0.508 bits per heavy atom. The zero-order valence-electron chi connectivity index (χ0n) is 35.4. The molecule has 15 heteroatoms. The second kappa shape index (κ2) is 16.3. The van der Waals surface area contributed by atoms with Crippen molar-refractivity contribution in [2.24, 2.45) is 11.5 Å². The number of primary amides is 2. The van der Waals surface area contributed by atoms with Gasteiger partial charge in [-0.3, -0.25) is 39.6 Å². The predicted molar refractivity (Wildman–Crippen MR) is 239 cm³/mol. The lowest BCUT2D eigenvalue weighted by Gasteiger charge is -2.58. The first-order valence-electron chi connectivity index (χ1n) is 21.7. The molecule has 2 saturated heterocycles. The Labute approximate surface area is 375 Å². The van der Waals surface area contributed by atoms with E-state index in [2.05, 4.69) is 15.5 Å². The van der Waals surface area contributed by atoms with Gasteiger partial charge in [0.2, 0.25) is 11.8 Å². The molecule has 6 aliphatic rings. The molecular weight excluding hydrogens is 827 g/mol. The molecule has 8 N–H and O–H groups in total. The first-order chi connectivity index (χ1) is 31.3. The van der Waals surface area contributed by atoms with Gasteiger partial charge in [0, 0.05) is 18.8 Å². The average Bonchev–Trinajstić information content (AvgIpc) is 3.84. The van der Waals surface area contributed by atoms with Crippen LogP contribution in [0.2, 0.25) is 0 Å². The van der Waals surface area contributed by atoms with Crippen LogP contribution in [0.3, 0.4) is 0 Å². The molecule has 5 aromatic rings. The molecule has 65 heavy (non-hydrogen) atoms. The topological polar surface area (TPSA) is 229 Å². The van der Waals surface area contributed by atoms with Crippen LogP contribution < -0.4 is 27.0 Å². The summed E-state index contributed by atoms with van der Waals surface area (Å²) in [5.41, 5.74) is 8.89.